The molecule has 3 N–H and O–H groups in total. The summed E-state index contributed by atoms with van der Waals surface area (Å²) in [7, 11) is 0. The summed E-state index contributed by atoms with van der Waals surface area (Å²) in [5.41, 5.74) is 5.57. The molecule has 2 fully saturated rings. The second-order valence-electron chi connectivity index (χ2n) is 6.43. The van der Waals surface area contributed by atoms with Crippen molar-refractivity contribution in [2.45, 2.75) is 57.9 Å². The molecule has 2 saturated carbocycles. The minimum Gasteiger partial charge on any atom is -0.368 e. The second kappa shape index (κ2) is 4.02. The van der Waals surface area contributed by atoms with Crippen LogP contribution in [0.25, 0.3) is 0 Å². The van der Waals surface area contributed by atoms with Crippen LogP contribution in [0.2, 0.25) is 0 Å². The lowest BCUT2D eigenvalue weighted by Gasteiger charge is -2.42. The molecule has 3 nitrogen and oxygen atoms in total. The predicted molar refractivity (Wildman–Crippen MR) is 64.9 cm³/mol. The molecule has 92 valence electrons. The lowest BCUT2D eigenvalue weighted by molar-refractivity contribution is -0.126. The molecule has 0 aromatic carbocycles. The van der Waals surface area contributed by atoms with Crippen molar-refractivity contribution in [1.82, 2.24) is 5.32 Å². The maximum absolute atomic E-state index is 11.7. The van der Waals surface area contributed by atoms with E-state index < -0.39 is 5.54 Å². The minimum absolute atomic E-state index is 0.149. The molecule has 0 aliphatic heterocycles. The van der Waals surface area contributed by atoms with E-state index in [-0.39, 0.29) is 5.91 Å². The SMILES string of the molecule is CC1(C)CCC(NCC2CC2)(C(N)=O)CC1. The number of nitrogens with one attached hydrogen (secondary N) is 1. The van der Waals surface area contributed by atoms with Gasteiger partial charge in [0.05, 0.1) is 5.54 Å². The quantitative estimate of drug-likeness (QED) is 0.765. The van der Waals surface area contributed by atoms with Crippen molar-refractivity contribution in [3.63, 3.8) is 0 Å². The summed E-state index contributed by atoms with van der Waals surface area (Å²) in [5.74, 6) is 0.648. The molecule has 0 heterocycles. The molecule has 0 unspecified atom stereocenters. The third-order valence-corrected chi connectivity index (χ3v) is 4.35. The lowest BCUT2D eigenvalue weighted by atomic mass is 9.69. The summed E-state index contributed by atoms with van der Waals surface area (Å²) in [5, 5.41) is 3.46. The number of amides is 1. The van der Waals surface area contributed by atoms with Crippen LogP contribution in [0.5, 0.6) is 0 Å². The fraction of sp³-hybridized carbons (Fsp3) is 0.923. The first-order valence-corrected chi connectivity index (χ1v) is 6.49. The molecule has 2 aliphatic carbocycles. The number of hydrogen-bond acceptors (Lipinski definition) is 2. The topological polar surface area (TPSA) is 55.1 Å². The Morgan fingerprint density at radius 3 is 2.25 bits per heavy atom. The first-order valence-electron chi connectivity index (χ1n) is 6.49. The molecule has 1 amide bonds. The first-order chi connectivity index (χ1) is 7.44. The van der Waals surface area contributed by atoms with Gasteiger partial charge in [0.15, 0.2) is 0 Å². The van der Waals surface area contributed by atoms with E-state index in [0.717, 1.165) is 38.1 Å². The van der Waals surface area contributed by atoms with Gasteiger partial charge >= 0.3 is 0 Å². The molecule has 0 aromatic rings. The van der Waals surface area contributed by atoms with Crippen molar-refractivity contribution in [3.8, 4) is 0 Å². The fourth-order valence-electron chi connectivity index (χ4n) is 2.53. The smallest absolute Gasteiger partial charge is 0.237 e. The van der Waals surface area contributed by atoms with Gasteiger partial charge in [-0.25, -0.2) is 0 Å². The highest BCUT2D eigenvalue weighted by molar-refractivity contribution is 5.84. The van der Waals surface area contributed by atoms with Crippen molar-refractivity contribution < 1.29 is 4.79 Å². The molecule has 3 heteroatoms. The maximum Gasteiger partial charge on any atom is 0.237 e. The number of hydrogen-bond donors (Lipinski definition) is 2. The van der Waals surface area contributed by atoms with E-state index in [1.807, 2.05) is 0 Å². The number of rotatable bonds is 4. The zero-order valence-corrected chi connectivity index (χ0v) is 10.5. The Kier molecular flexibility index (Phi) is 2.99. The summed E-state index contributed by atoms with van der Waals surface area (Å²) in [6, 6.07) is 0. The van der Waals surface area contributed by atoms with Crippen LogP contribution in [0.4, 0.5) is 0 Å². The first kappa shape index (κ1) is 11.9. The Bertz CT molecular complexity index is 266. The van der Waals surface area contributed by atoms with Gasteiger partial charge in [-0.1, -0.05) is 13.8 Å². The van der Waals surface area contributed by atoms with E-state index in [0.29, 0.717) is 5.41 Å². The second-order valence-corrected chi connectivity index (χ2v) is 6.43. The summed E-state index contributed by atoms with van der Waals surface area (Å²) in [6.45, 7) is 5.53. The van der Waals surface area contributed by atoms with E-state index in [4.69, 9.17) is 5.73 Å². The summed E-state index contributed by atoms with van der Waals surface area (Å²) < 4.78 is 0. The molecule has 0 aromatic heterocycles. The number of primary amides is 1. The van der Waals surface area contributed by atoms with Gasteiger partial charge in [-0.15, -0.1) is 0 Å². The Morgan fingerprint density at radius 1 is 1.25 bits per heavy atom. The van der Waals surface area contributed by atoms with Crippen LogP contribution in [-0.2, 0) is 4.79 Å². The summed E-state index contributed by atoms with van der Waals surface area (Å²) >= 11 is 0. The lowest BCUT2D eigenvalue weighted by Crippen LogP contribution is -2.58. The molecule has 0 atom stereocenters. The van der Waals surface area contributed by atoms with Gasteiger partial charge < -0.3 is 11.1 Å². The van der Waals surface area contributed by atoms with E-state index >= 15 is 0 Å². The standard InChI is InChI=1S/C13H24N2O/c1-12(2)5-7-13(8-6-12,11(14)16)15-9-10-3-4-10/h10,15H,3-9H2,1-2H3,(H2,14,16). The minimum atomic E-state index is -0.405. The number of carbonyl (C=O) groups is 1. The van der Waals surface area contributed by atoms with Gasteiger partial charge in [0.25, 0.3) is 0 Å². The van der Waals surface area contributed by atoms with Gasteiger partial charge in [0.2, 0.25) is 5.91 Å². The van der Waals surface area contributed by atoms with E-state index in [1.165, 1.54) is 12.8 Å². The third-order valence-electron chi connectivity index (χ3n) is 4.35. The average molecular weight is 224 g/mol. The highest BCUT2D eigenvalue weighted by Gasteiger charge is 2.43. The van der Waals surface area contributed by atoms with Crippen molar-refractivity contribution in [2.24, 2.45) is 17.1 Å². The molecule has 2 aliphatic rings. The molecule has 0 saturated heterocycles. The number of nitrogens with two attached hydrogens (primary N) is 1. The molecule has 2 rings (SSSR count). The molecule has 16 heavy (non-hydrogen) atoms. The molecule has 0 radical (unpaired) electrons. The van der Waals surface area contributed by atoms with Crippen LogP contribution >= 0.6 is 0 Å². The number of carbonyl (C=O) groups excluding carboxylic acids is 1. The highest BCUT2D eigenvalue weighted by Crippen LogP contribution is 2.40. The Hall–Kier alpha value is -0.570. The monoisotopic (exact) mass is 224 g/mol. The largest absolute Gasteiger partial charge is 0.368 e. The Labute approximate surface area is 98.2 Å². The van der Waals surface area contributed by atoms with Crippen molar-refractivity contribution in [3.05, 3.63) is 0 Å². The maximum atomic E-state index is 11.7. The van der Waals surface area contributed by atoms with Crippen LogP contribution < -0.4 is 11.1 Å². The van der Waals surface area contributed by atoms with Crippen LogP contribution in [0, 0.1) is 11.3 Å². The molecular weight excluding hydrogens is 200 g/mol. The normalized spacial score (nSPS) is 27.6. The zero-order valence-electron chi connectivity index (χ0n) is 10.5. The van der Waals surface area contributed by atoms with Crippen LogP contribution in [0.15, 0.2) is 0 Å². The van der Waals surface area contributed by atoms with Gasteiger partial charge in [0.1, 0.15) is 0 Å². The van der Waals surface area contributed by atoms with Crippen molar-refractivity contribution >= 4 is 5.91 Å². The van der Waals surface area contributed by atoms with Gasteiger partial charge in [-0.05, 0) is 56.4 Å². The highest BCUT2D eigenvalue weighted by atomic mass is 16.1. The predicted octanol–water partition coefficient (Wildman–Crippen LogP) is 1.81. The Morgan fingerprint density at radius 2 is 1.81 bits per heavy atom. The molecular formula is C13H24N2O. The summed E-state index contributed by atoms with van der Waals surface area (Å²) in [6.07, 6.45) is 6.62. The third kappa shape index (κ3) is 2.57. The van der Waals surface area contributed by atoms with Gasteiger partial charge in [-0.3, -0.25) is 4.79 Å². The zero-order chi connectivity index (χ0) is 11.8. The van der Waals surface area contributed by atoms with Crippen LogP contribution in [0.1, 0.15) is 52.4 Å². The average Bonchev–Trinajstić information content (AvgIpc) is 3.00. The van der Waals surface area contributed by atoms with Gasteiger partial charge in [0, 0.05) is 0 Å². The van der Waals surface area contributed by atoms with E-state index in [2.05, 4.69) is 19.2 Å². The van der Waals surface area contributed by atoms with Gasteiger partial charge in [-0.2, -0.15) is 0 Å². The van der Waals surface area contributed by atoms with E-state index in [9.17, 15) is 4.79 Å². The van der Waals surface area contributed by atoms with Crippen LogP contribution in [0.3, 0.4) is 0 Å². The Balaban J connectivity index is 1.96. The molecule has 0 spiro atoms. The fourth-order valence-corrected chi connectivity index (χ4v) is 2.53. The summed E-state index contributed by atoms with van der Waals surface area (Å²) in [4.78, 5) is 11.7. The van der Waals surface area contributed by atoms with E-state index in [1.54, 1.807) is 0 Å². The molecule has 0 bridgehead atoms. The van der Waals surface area contributed by atoms with Crippen LogP contribution in [-0.4, -0.2) is 18.0 Å². The van der Waals surface area contributed by atoms with Crippen molar-refractivity contribution in [2.75, 3.05) is 6.54 Å². The van der Waals surface area contributed by atoms with Crippen molar-refractivity contribution in [1.29, 1.82) is 0 Å².